The van der Waals surface area contributed by atoms with Crippen LogP contribution < -0.4 is 5.32 Å². The number of fused-ring (bicyclic) bond motifs is 1. The third kappa shape index (κ3) is 3.15. The molecule has 5 heteroatoms. The number of nitrogens with one attached hydrogen (secondary N) is 1. The van der Waals surface area contributed by atoms with Crippen LogP contribution in [0.5, 0.6) is 0 Å². The van der Waals surface area contributed by atoms with Crippen LogP contribution in [-0.2, 0) is 16.4 Å². The van der Waals surface area contributed by atoms with E-state index in [1.807, 2.05) is 19.1 Å². The molecular formula is C15H24N2O2S. The standard InChI is InChI=1S/C15H24N2O2S/c1-3-5-11-17(4-2)20(18,19)14-8-9-15-13(12-14)7-6-10-16-15/h8-9,12,16H,3-7,10-11H2,1-2H3. The number of anilines is 1. The van der Waals surface area contributed by atoms with Crippen molar-refractivity contribution in [2.75, 3.05) is 25.0 Å². The molecule has 0 aliphatic carbocycles. The molecule has 20 heavy (non-hydrogen) atoms. The fourth-order valence-electron chi connectivity index (χ4n) is 2.54. The molecule has 1 aromatic carbocycles. The molecule has 1 heterocycles. The molecule has 0 saturated heterocycles. The van der Waals surface area contributed by atoms with Gasteiger partial charge in [-0.3, -0.25) is 0 Å². The molecule has 0 bridgehead atoms. The van der Waals surface area contributed by atoms with Crippen LogP contribution in [0.25, 0.3) is 0 Å². The minimum absolute atomic E-state index is 0.429. The van der Waals surface area contributed by atoms with Crippen molar-refractivity contribution in [1.82, 2.24) is 4.31 Å². The summed E-state index contributed by atoms with van der Waals surface area (Å²) in [6.07, 6.45) is 3.91. The average Bonchev–Trinajstić information content (AvgIpc) is 2.47. The molecule has 1 aliphatic rings. The van der Waals surface area contributed by atoms with Crippen molar-refractivity contribution in [2.45, 2.75) is 44.4 Å². The number of aryl methyl sites for hydroxylation is 1. The second kappa shape index (κ2) is 6.59. The molecular weight excluding hydrogens is 272 g/mol. The molecule has 4 nitrogen and oxygen atoms in total. The van der Waals surface area contributed by atoms with E-state index in [1.54, 1.807) is 10.4 Å². The van der Waals surface area contributed by atoms with Crippen LogP contribution in [0, 0.1) is 0 Å². The molecule has 112 valence electrons. The zero-order valence-corrected chi connectivity index (χ0v) is 13.2. The summed E-state index contributed by atoms with van der Waals surface area (Å²) in [5.41, 5.74) is 2.19. The van der Waals surface area contributed by atoms with Crippen LogP contribution >= 0.6 is 0 Å². The second-order valence-corrected chi connectivity index (χ2v) is 7.14. The van der Waals surface area contributed by atoms with Crippen molar-refractivity contribution < 1.29 is 8.42 Å². The lowest BCUT2D eigenvalue weighted by Crippen LogP contribution is -2.32. The van der Waals surface area contributed by atoms with Crippen LogP contribution in [0.15, 0.2) is 23.1 Å². The molecule has 0 unspecified atom stereocenters. The van der Waals surface area contributed by atoms with Gasteiger partial charge in [0, 0.05) is 25.3 Å². The Balaban J connectivity index is 2.28. The molecule has 1 aliphatic heterocycles. The molecule has 0 atom stereocenters. The first kappa shape index (κ1) is 15.3. The van der Waals surface area contributed by atoms with Crippen molar-refractivity contribution in [1.29, 1.82) is 0 Å². The third-order valence-corrected chi connectivity index (χ3v) is 5.74. The van der Waals surface area contributed by atoms with Crippen molar-refractivity contribution in [3.8, 4) is 0 Å². The van der Waals surface area contributed by atoms with Crippen LogP contribution in [0.4, 0.5) is 5.69 Å². The van der Waals surface area contributed by atoms with E-state index in [2.05, 4.69) is 12.2 Å². The van der Waals surface area contributed by atoms with Crippen LogP contribution in [0.2, 0.25) is 0 Å². The Kier molecular flexibility index (Phi) is 5.05. The van der Waals surface area contributed by atoms with Crippen molar-refractivity contribution in [3.05, 3.63) is 23.8 Å². The first-order chi connectivity index (χ1) is 9.59. The van der Waals surface area contributed by atoms with Crippen LogP contribution in [0.1, 0.15) is 38.7 Å². The van der Waals surface area contributed by atoms with Gasteiger partial charge in [-0.2, -0.15) is 4.31 Å². The SMILES string of the molecule is CCCCN(CC)S(=O)(=O)c1ccc2c(c1)CCCN2. The minimum Gasteiger partial charge on any atom is -0.385 e. The third-order valence-electron chi connectivity index (χ3n) is 3.77. The predicted molar refractivity (Wildman–Crippen MR) is 82.6 cm³/mol. The monoisotopic (exact) mass is 296 g/mol. The Morgan fingerprint density at radius 1 is 1.30 bits per heavy atom. The Hall–Kier alpha value is -1.07. The highest BCUT2D eigenvalue weighted by atomic mass is 32.2. The fraction of sp³-hybridized carbons (Fsp3) is 0.600. The average molecular weight is 296 g/mol. The molecule has 0 radical (unpaired) electrons. The highest BCUT2D eigenvalue weighted by molar-refractivity contribution is 7.89. The number of unbranched alkanes of at least 4 members (excludes halogenated alkanes) is 1. The number of rotatable bonds is 6. The summed E-state index contributed by atoms with van der Waals surface area (Å²) in [7, 11) is -3.35. The van der Waals surface area contributed by atoms with Crippen molar-refractivity contribution >= 4 is 15.7 Å². The normalized spacial score (nSPS) is 14.9. The Morgan fingerprint density at radius 3 is 2.80 bits per heavy atom. The summed E-state index contributed by atoms with van der Waals surface area (Å²) in [5, 5.41) is 3.31. The van der Waals surface area contributed by atoms with E-state index in [9.17, 15) is 8.42 Å². The lowest BCUT2D eigenvalue weighted by Gasteiger charge is -2.23. The Morgan fingerprint density at radius 2 is 2.10 bits per heavy atom. The largest absolute Gasteiger partial charge is 0.385 e. The summed E-state index contributed by atoms with van der Waals surface area (Å²) in [4.78, 5) is 0.429. The highest BCUT2D eigenvalue weighted by Gasteiger charge is 2.23. The zero-order chi connectivity index (χ0) is 14.6. The van der Waals surface area contributed by atoms with Gasteiger partial charge in [-0.25, -0.2) is 8.42 Å². The number of nitrogens with zero attached hydrogens (tertiary/aromatic N) is 1. The predicted octanol–water partition coefficient (Wildman–Crippen LogP) is 2.86. The molecule has 1 aromatic rings. The van der Waals surface area contributed by atoms with Gasteiger partial charge in [0.25, 0.3) is 0 Å². The first-order valence-corrected chi connectivity index (χ1v) is 8.90. The van der Waals surface area contributed by atoms with Gasteiger partial charge in [-0.05, 0) is 43.0 Å². The van der Waals surface area contributed by atoms with E-state index in [4.69, 9.17) is 0 Å². The zero-order valence-electron chi connectivity index (χ0n) is 12.4. The summed E-state index contributed by atoms with van der Waals surface area (Å²) >= 11 is 0. The van der Waals surface area contributed by atoms with E-state index >= 15 is 0 Å². The smallest absolute Gasteiger partial charge is 0.243 e. The molecule has 0 spiro atoms. The molecule has 0 saturated carbocycles. The fourth-order valence-corrected chi connectivity index (χ4v) is 4.08. The quantitative estimate of drug-likeness (QED) is 0.878. The summed E-state index contributed by atoms with van der Waals surface area (Å²) in [6, 6.07) is 5.46. The van der Waals surface area contributed by atoms with Gasteiger partial charge in [0.2, 0.25) is 10.0 Å². The topological polar surface area (TPSA) is 49.4 Å². The number of hydrogen-bond donors (Lipinski definition) is 1. The molecule has 2 rings (SSSR count). The summed E-state index contributed by atoms with van der Waals surface area (Å²) in [6.45, 7) is 6.07. The van der Waals surface area contributed by atoms with Gasteiger partial charge >= 0.3 is 0 Å². The van der Waals surface area contributed by atoms with Gasteiger partial charge in [0.05, 0.1) is 4.90 Å². The van der Waals surface area contributed by atoms with E-state index in [-0.39, 0.29) is 0 Å². The number of benzene rings is 1. The maximum Gasteiger partial charge on any atom is 0.243 e. The van der Waals surface area contributed by atoms with Gasteiger partial charge in [-0.1, -0.05) is 20.3 Å². The Labute approximate surface area is 122 Å². The van der Waals surface area contributed by atoms with Crippen molar-refractivity contribution in [3.63, 3.8) is 0 Å². The van der Waals surface area contributed by atoms with Crippen molar-refractivity contribution in [2.24, 2.45) is 0 Å². The molecule has 0 amide bonds. The van der Waals surface area contributed by atoms with E-state index in [1.165, 1.54) is 0 Å². The number of hydrogen-bond acceptors (Lipinski definition) is 3. The highest BCUT2D eigenvalue weighted by Crippen LogP contribution is 2.26. The maximum absolute atomic E-state index is 12.7. The lowest BCUT2D eigenvalue weighted by atomic mass is 10.0. The molecule has 0 aromatic heterocycles. The summed E-state index contributed by atoms with van der Waals surface area (Å²) in [5.74, 6) is 0. The van der Waals surface area contributed by atoms with Gasteiger partial charge in [0.1, 0.15) is 0 Å². The first-order valence-electron chi connectivity index (χ1n) is 7.46. The summed E-state index contributed by atoms with van der Waals surface area (Å²) < 4.78 is 26.9. The van der Waals surface area contributed by atoms with E-state index in [0.29, 0.717) is 18.0 Å². The number of sulfonamides is 1. The van der Waals surface area contributed by atoms with Gasteiger partial charge < -0.3 is 5.32 Å². The van der Waals surface area contributed by atoms with Crippen LogP contribution in [-0.4, -0.2) is 32.4 Å². The van der Waals surface area contributed by atoms with Gasteiger partial charge in [-0.15, -0.1) is 0 Å². The van der Waals surface area contributed by atoms with Crippen LogP contribution in [0.3, 0.4) is 0 Å². The minimum atomic E-state index is -3.35. The maximum atomic E-state index is 12.7. The Bertz CT molecular complexity index is 555. The molecule has 0 fully saturated rings. The molecule has 1 N–H and O–H groups in total. The lowest BCUT2D eigenvalue weighted by molar-refractivity contribution is 0.419. The van der Waals surface area contributed by atoms with E-state index < -0.39 is 10.0 Å². The second-order valence-electron chi connectivity index (χ2n) is 5.20. The van der Waals surface area contributed by atoms with E-state index in [0.717, 1.165) is 43.5 Å². The van der Waals surface area contributed by atoms with Gasteiger partial charge in [0.15, 0.2) is 0 Å².